The van der Waals surface area contributed by atoms with E-state index in [2.05, 4.69) is 22.7 Å². The lowest BCUT2D eigenvalue weighted by Gasteiger charge is -2.17. The van der Waals surface area contributed by atoms with Crippen molar-refractivity contribution in [2.75, 3.05) is 19.7 Å². The molecule has 1 fully saturated rings. The van der Waals surface area contributed by atoms with E-state index in [0.717, 1.165) is 5.56 Å². The summed E-state index contributed by atoms with van der Waals surface area (Å²) >= 11 is 0. The molecule has 1 aromatic rings. The van der Waals surface area contributed by atoms with E-state index >= 15 is 0 Å². The number of carbonyl (C=O) groups is 2. The molecule has 7 heteroatoms. The van der Waals surface area contributed by atoms with Crippen LogP contribution in [0.3, 0.4) is 0 Å². The van der Waals surface area contributed by atoms with Crippen molar-refractivity contribution in [2.24, 2.45) is 5.92 Å². The van der Waals surface area contributed by atoms with Crippen LogP contribution in [0.4, 0.5) is 4.39 Å². The van der Waals surface area contributed by atoms with Gasteiger partial charge in [0, 0.05) is 13.1 Å². The van der Waals surface area contributed by atoms with Gasteiger partial charge in [0.2, 0.25) is 0 Å². The van der Waals surface area contributed by atoms with Crippen LogP contribution in [0.15, 0.2) is 36.9 Å². The number of carbonyl (C=O) groups excluding carboxylic acids is 2. The summed E-state index contributed by atoms with van der Waals surface area (Å²) in [4.78, 5) is 23.5. The molecular formula is C15H18FN3O3. The van der Waals surface area contributed by atoms with Crippen molar-refractivity contribution in [3.8, 4) is 0 Å². The number of amides is 1. The fraction of sp³-hybridized carbons (Fsp3) is 0.333. The zero-order chi connectivity index (χ0) is 15.9. The highest BCUT2D eigenvalue weighted by molar-refractivity contribution is 5.81. The smallest absolute Gasteiger partial charge is 0.312 e. The van der Waals surface area contributed by atoms with Crippen LogP contribution in [0.5, 0.6) is 0 Å². The average molecular weight is 307 g/mol. The van der Waals surface area contributed by atoms with Gasteiger partial charge in [-0.25, -0.2) is 9.82 Å². The molecule has 1 saturated heterocycles. The fourth-order valence-corrected chi connectivity index (χ4v) is 2.18. The van der Waals surface area contributed by atoms with Crippen LogP contribution >= 0.6 is 0 Å². The van der Waals surface area contributed by atoms with Gasteiger partial charge in [-0.15, -0.1) is 6.58 Å². The van der Waals surface area contributed by atoms with Crippen LogP contribution in [0.1, 0.15) is 11.6 Å². The maximum atomic E-state index is 13.0. The van der Waals surface area contributed by atoms with Gasteiger partial charge < -0.3 is 10.1 Å². The molecule has 0 aromatic heterocycles. The van der Waals surface area contributed by atoms with Crippen molar-refractivity contribution in [2.45, 2.75) is 6.04 Å². The highest BCUT2D eigenvalue weighted by Gasteiger charge is 2.35. The molecule has 0 radical (unpaired) electrons. The zero-order valence-electron chi connectivity index (χ0n) is 12.0. The van der Waals surface area contributed by atoms with E-state index in [4.69, 9.17) is 4.74 Å². The normalized spacial score (nSPS) is 20.4. The van der Waals surface area contributed by atoms with Crippen molar-refractivity contribution in [1.82, 2.24) is 16.2 Å². The second kappa shape index (κ2) is 7.67. The molecule has 3 N–H and O–H groups in total. The predicted octanol–water partition coefficient (Wildman–Crippen LogP) is 0.436. The molecule has 0 spiro atoms. The molecule has 0 aliphatic carbocycles. The van der Waals surface area contributed by atoms with Crippen LogP contribution in [0.25, 0.3) is 0 Å². The van der Waals surface area contributed by atoms with E-state index in [1.807, 2.05) is 0 Å². The Hall–Kier alpha value is -2.25. The summed E-state index contributed by atoms with van der Waals surface area (Å²) in [6, 6.07) is 5.55. The Balaban J connectivity index is 1.92. The van der Waals surface area contributed by atoms with Gasteiger partial charge in [0.1, 0.15) is 5.82 Å². The van der Waals surface area contributed by atoms with Crippen LogP contribution in [-0.4, -0.2) is 31.6 Å². The zero-order valence-corrected chi connectivity index (χ0v) is 12.0. The van der Waals surface area contributed by atoms with E-state index in [9.17, 15) is 14.0 Å². The molecule has 2 unspecified atom stereocenters. The minimum absolute atomic E-state index is 0.321. The number of halogens is 1. The quantitative estimate of drug-likeness (QED) is 0.525. The standard InChI is InChI=1S/C15H18FN3O3/c1-2-7-17-13(20)9-22-15(21)12-8-18-19-14(12)10-3-5-11(16)6-4-10/h2-6,12,14,18-19H,1,7-9H2,(H,17,20). The van der Waals surface area contributed by atoms with Crippen molar-refractivity contribution in [3.63, 3.8) is 0 Å². The third-order valence-electron chi connectivity index (χ3n) is 3.30. The van der Waals surface area contributed by atoms with Gasteiger partial charge in [-0.3, -0.25) is 15.0 Å². The molecule has 0 bridgehead atoms. The van der Waals surface area contributed by atoms with Gasteiger partial charge in [-0.1, -0.05) is 18.2 Å². The lowest BCUT2D eigenvalue weighted by atomic mass is 9.95. The van der Waals surface area contributed by atoms with E-state index in [0.29, 0.717) is 13.1 Å². The fourth-order valence-electron chi connectivity index (χ4n) is 2.18. The Kier molecular flexibility index (Phi) is 5.62. The van der Waals surface area contributed by atoms with Crippen molar-refractivity contribution in [3.05, 3.63) is 48.3 Å². The molecule has 6 nitrogen and oxygen atoms in total. The lowest BCUT2D eigenvalue weighted by Crippen LogP contribution is -2.32. The van der Waals surface area contributed by atoms with Gasteiger partial charge >= 0.3 is 5.97 Å². The molecule has 22 heavy (non-hydrogen) atoms. The molecule has 1 aromatic carbocycles. The van der Waals surface area contributed by atoms with Crippen LogP contribution in [0, 0.1) is 11.7 Å². The first kappa shape index (κ1) is 16.1. The summed E-state index contributed by atoms with van der Waals surface area (Å²) in [5, 5.41) is 2.52. The third-order valence-corrected chi connectivity index (χ3v) is 3.30. The second-order valence-corrected chi connectivity index (χ2v) is 4.86. The number of hydrogen-bond donors (Lipinski definition) is 3. The Labute approximate surface area is 127 Å². The Bertz CT molecular complexity index is 547. The van der Waals surface area contributed by atoms with Crippen molar-refractivity contribution < 1.29 is 18.7 Å². The molecule has 2 atom stereocenters. The number of benzene rings is 1. The molecule has 1 aliphatic rings. The Morgan fingerprint density at radius 3 is 2.82 bits per heavy atom. The first-order chi connectivity index (χ1) is 10.6. The van der Waals surface area contributed by atoms with Crippen LogP contribution in [0.2, 0.25) is 0 Å². The first-order valence-corrected chi connectivity index (χ1v) is 6.90. The van der Waals surface area contributed by atoms with E-state index in [-0.39, 0.29) is 24.4 Å². The van der Waals surface area contributed by atoms with Gasteiger partial charge in [0.25, 0.3) is 5.91 Å². The van der Waals surface area contributed by atoms with Gasteiger partial charge in [0.15, 0.2) is 6.61 Å². The maximum absolute atomic E-state index is 13.0. The van der Waals surface area contributed by atoms with E-state index < -0.39 is 11.9 Å². The first-order valence-electron chi connectivity index (χ1n) is 6.90. The van der Waals surface area contributed by atoms with Crippen molar-refractivity contribution >= 4 is 11.9 Å². The SMILES string of the molecule is C=CCNC(=O)COC(=O)C1CNNC1c1ccc(F)cc1. The highest BCUT2D eigenvalue weighted by Crippen LogP contribution is 2.26. The number of hydrazine groups is 1. The summed E-state index contributed by atoms with van der Waals surface area (Å²) in [6.07, 6.45) is 1.54. The van der Waals surface area contributed by atoms with Gasteiger partial charge in [-0.05, 0) is 17.7 Å². The number of nitrogens with one attached hydrogen (secondary N) is 3. The molecule has 1 heterocycles. The van der Waals surface area contributed by atoms with E-state index in [1.54, 1.807) is 12.1 Å². The van der Waals surface area contributed by atoms with Crippen LogP contribution < -0.4 is 16.2 Å². The summed E-state index contributed by atoms with van der Waals surface area (Å²) in [5.41, 5.74) is 6.61. The Morgan fingerprint density at radius 2 is 2.14 bits per heavy atom. The minimum Gasteiger partial charge on any atom is -0.455 e. The van der Waals surface area contributed by atoms with Gasteiger partial charge in [-0.2, -0.15) is 0 Å². The number of esters is 1. The van der Waals surface area contributed by atoms with Crippen LogP contribution in [-0.2, 0) is 14.3 Å². The number of ether oxygens (including phenoxy) is 1. The molecule has 118 valence electrons. The molecule has 1 aliphatic heterocycles. The number of rotatable bonds is 6. The maximum Gasteiger partial charge on any atom is 0.312 e. The summed E-state index contributed by atoms with van der Waals surface area (Å²) in [6.45, 7) is 3.83. The largest absolute Gasteiger partial charge is 0.455 e. The topological polar surface area (TPSA) is 79.5 Å². The Morgan fingerprint density at radius 1 is 1.41 bits per heavy atom. The second-order valence-electron chi connectivity index (χ2n) is 4.86. The lowest BCUT2D eigenvalue weighted by molar-refractivity contribution is -0.152. The third kappa shape index (κ3) is 4.12. The molecule has 1 amide bonds. The monoisotopic (exact) mass is 307 g/mol. The van der Waals surface area contributed by atoms with E-state index in [1.165, 1.54) is 18.2 Å². The van der Waals surface area contributed by atoms with Crippen molar-refractivity contribution in [1.29, 1.82) is 0 Å². The molecular weight excluding hydrogens is 289 g/mol. The van der Waals surface area contributed by atoms with Gasteiger partial charge in [0.05, 0.1) is 12.0 Å². The predicted molar refractivity (Wildman–Crippen MR) is 77.9 cm³/mol. The minimum atomic E-state index is -0.488. The average Bonchev–Trinajstić information content (AvgIpc) is 3.01. The number of hydrogen-bond acceptors (Lipinski definition) is 5. The molecule has 0 saturated carbocycles. The summed E-state index contributed by atoms with van der Waals surface area (Å²) in [7, 11) is 0. The summed E-state index contributed by atoms with van der Waals surface area (Å²) in [5.74, 6) is -1.70. The summed E-state index contributed by atoms with van der Waals surface area (Å²) < 4.78 is 18.0. The highest BCUT2D eigenvalue weighted by atomic mass is 19.1. The molecule has 2 rings (SSSR count).